The van der Waals surface area contributed by atoms with Crippen LogP contribution in [0.3, 0.4) is 0 Å². The van der Waals surface area contributed by atoms with Gasteiger partial charge in [-0.2, -0.15) is 0 Å². The minimum Gasteiger partial charge on any atom is -0.212 e. The third-order valence-corrected chi connectivity index (χ3v) is 1.09. The van der Waals surface area contributed by atoms with Crippen molar-refractivity contribution in [3.63, 3.8) is 0 Å². The van der Waals surface area contributed by atoms with Gasteiger partial charge in [0.25, 0.3) is 0 Å². The van der Waals surface area contributed by atoms with E-state index in [2.05, 4.69) is 30.1 Å². The minimum absolute atomic E-state index is 1.20. The zero-order valence-electron chi connectivity index (χ0n) is 4.59. The summed E-state index contributed by atoms with van der Waals surface area (Å²) < 4.78 is 2.09. The Kier molecular flexibility index (Phi) is 1.25. The van der Waals surface area contributed by atoms with Crippen LogP contribution in [0.25, 0.3) is 0 Å². The summed E-state index contributed by atoms with van der Waals surface area (Å²) in [5, 5.41) is 0. The summed E-state index contributed by atoms with van der Waals surface area (Å²) in [5.74, 6) is 0. The van der Waals surface area contributed by atoms with Gasteiger partial charge in [0.15, 0.2) is 6.20 Å². The highest BCUT2D eigenvalue weighted by atomic mass is 14.9. The summed E-state index contributed by atoms with van der Waals surface area (Å²) in [6.07, 6.45) is 8.86. The molecule has 0 N–H and O–H groups in total. The lowest BCUT2D eigenvalue weighted by molar-refractivity contribution is -0.419. The Morgan fingerprint density at radius 3 is 2.57 bits per heavy atom. The molecule has 0 aromatic carbocycles. The SMILES string of the molecule is C[N+]1=CCCC=C1. The number of hydrogen-bond donors (Lipinski definition) is 0. The molecule has 0 amide bonds. The van der Waals surface area contributed by atoms with E-state index in [9.17, 15) is 0 Å². The van der Waals surface area contributed by atoms with Crippen molar-refractivity contribution in [2.45, 2.75) is 12.8 Å². The van der Waals surface area contributed by atoms with Crippen LogP contribution in [-0.4, -0.2) is 17.8 Å². The van der Waals surface area contributed by atoms with Crippen molar-refractivity contribution in [3.8, 4) is 0 Å². The fraction of sp³-hybridized carbons (Fsp3) is 0.500. The van der Waals surface area contributed by atoms with E-state index < -0.39 is 0 Å². The molecule has 0 aliphatic carbocycles. The number of allylic oxidation sites excluding steroid dienone is 1. The first-order valence-electron chi connectivity index (χ1n) is 2.61. The molecule has 1 heteroatoms. The molecule has 1 heterocycles. The Labute approximate surface area is 44.0 Å². The van der Waals surface area contributed by atoms with Gasteiger partial charge in [-0.25, -0.2) is 4.58 Å². The van der Waals surface area contributed by atoms with Crippen LogP contribution >= 0.6 is 0 Å². The smallest absolute Gasteiger partial charge is 0.164 e. The van der Waals surface area contributed by atoms with Gasteiger partial charge in [0.1, 0.15) is 13.3 Å². The van der Waals surface area contributed by atoms with E-state index >= 15 is 0 Å². The van der Waals surface area contributed by atoms with Crippen LogP contribution < -0.4 is 0 Å². The Bertz CT molecular complexity index is 111. The topological polar surface area (TPSA) is 3.01 Å². The molecule has 0 spiro atoms. The van der Waals surface area contributed by atoms with Gasteiger partial charge < -0.3 is 0 Å². The molecule has 0 aromatic rings. The van der Waals surface area contributed by atoms with Crippen LogP contribution in [0.15, 0.2) is 12.3 Å². The van der Waals surface area contributed by atoms with Crippen LogP contribution in [-0.2, 0) is 0 Å². The van der Waals surface area contributed by atoms with Crippen LogP contribution in [0.4, 0.5) is 0 Å². The molecule has 1 aliphatic rings. The lowest BCUT2D eigenvalue weighted by atomic mass is 10.3. The minimum atomic E-state index is 1.20. The summed E-state index contributed by atoms with van der Waals surface area (Å²) in [7, 11) is 2.05. The maximum Gasteiger partial charge on any atom is 0.164 e. The van der Waals surface area contributed by atoms with Crippen molar-refractivity contribution in [1.82, 2.24) is 0 Å². The predicted molar refractivity (Wildman–Crippen MR) is 30.6 cm³/mol. The highest BCUT2D eigenvalue weighted by Crippen LogP contribution is 1.92. The highest BCUT2D eigenvalue weighted by Gasteiger charge is 1.92. The number of hydrogen-bond acceptors (Lipinski definition) is 0. The van der Waals surface area contributed by atoms with Gasteiger partial charge in [0, 0.05) is 6.42 Å². The van der Waals surface area contributed by atoms with E-state index in [1.54, 1.807) is 0 Å². The summed E-state index contributed by atoms with van der Waals surface area (Å²) in [4.78, 5) is 0. The maximum absolute atomic E-state index is 2.18. The molecule has 0 saturated carbocycles. The molecular weight excluding hydrogens is 86.1 g/mol. The first-order chi connectivity index (χ1) is 3.39. The predicted octanol–water partition coefficient (Wildman–Crippen LogP) is 1.01. The standard InChI is InChI=1S/C6H10N/c1-7-5-3-2-4-6-7/h3,5-6H,2,4H2,1H3/q+1. The van der Waals surface area contributed by atoms with E-state index in [1.165, 1.54) is 12.8 Å². The van der Waals surface area contributed by atoms with Gasteiger partial charge in [-0.05, 0) is 12.5 Å². The second-order valence-corrected chi connectivity index (χ2v) is 1.81. The first-order valence-corrected chi connectivity index (χ1v) is 2.61. The van der Waals surface area contributed by atoms with Gasteiger partial charge in [0.05, 0.1) is 0 Å². The average molecular weight is 96.2 g/mol. The van der Waals surface area contributed by atoms with Crippen molar-refractivity contribution in [1.29, 1.82) is 0 Å². The molecule has 0 radical (unpaired) electrons. The fourth-order valence-electron chi connectivity index (χ4n) is 0.676. The average Bonchev–Trinajstić information content (AvgIpc) is 1.69. The maximum atomic E-state index is 2.18. The zero-order valence-corrected chi connectivity index (χ0v) is 4.59. The Hall–Kier alpha value is -0.590. The van der Waals surface area contributed by atoms with Gasteiger partial charge in [-0.15, -0.1) is 0 Å². The van der Waals surface area contributed by atoms with Crippen LogP contribution in [0.5, 0.6) is 0 Å². The lowest BCUT2D eigenvalue weighted by Gasteiger charge is -1.91. The van der Waals surface area contributed by atoms with Crippen molar-refractivity contribution >= 4 is 6.21 Å². The molecule has 1 nitrogen and oxygen atoms in total. The molecule has 0 atom stereocenters. The van der Waals surface area contributed by atoms with E-state index in [1.807, 2.05) is 0 Å². The number of nitrogens with zero attached hydrogens (tertiary/aromatic N) is 1. The third kappa shape index (κ3) is 1.15. The van der Waals surface area contributed by atoms with Crippen LogP contribution in [0, 0.1) is 0 Å². The molecule has 0 unspecified atom stereocenters. The summed E-state index contributed by atoms with van der Waals surface area (Å²) in [6, 6.07) is 0. The lowest BCUT2D eigenvalue weighted by Crippen LogP contribution is -2.00. The molecule has 0 bridgehead atoms. The zero-order chi connectivity index (χ0) is 5.11. The van der Waals surface area contributed by atoms with E-state index in [-0.39, 0.29) is 0 Å². The van der Waals surface area contributed by atoms with E-state index in [0.29, 0.717) is 0 Å². The monoisotopic (exact) mass is 96.1 g/mol. The molecule has 1 aliphatic heterocycles. The van der Waals surface area contributed by atoms with E-state index in [0.717, 1.165) is 0 Å². The van der Waals surface area contributed by atoms with Crippen molar-refractivity contribution in [2.75, 3.05) is 7.05 Å². The molecule has 38 valence electrons. The van der Waals surface area contributed by atoms with E-state index in [4.69, 9.17) is 0 Å². The van der Waals surface area contributed by atoms with Crippen molar-refractivity contribution < 1.29 is 4.58 Å². The van der Waals surface area contributed by atoms with Crippen molar-refractivity contribution in [2.24, 2.45) is 0 Å². The highest BCUT2D eigenvalue weighted by molar-refractivity contribution is 5.52. The number of rotatable bonds is 0. The third-order valence-electron chi connectivity index (χ3n) is 1.09. The quantitative estimate of drug-likeness (QED) is 0.396. The van der Waals surface area contributed by atoms with Crippen LogP contribution in [0.2, 0.25) is 0 Å². The Morgan fingerprint density at radius 1 is 1.43 bits per heavy atom. The molecule has 7 heavy (non-hydrogen) atoms. The molecule has 1 rings (SSSR count). The Morgan fingerprint density at radius 2 is 2.29 bits per heavy atom. The van der Waals surface area contributed by atoms with Gasteiger partial charge in [-0.1, -0.05) is 0 Å². The molecular formula is C6H10N+. The largest absolute Gasteiger partial charge is 0.212 e. The van der Waals surface area contributed by atoms with Crippen LogP contribution in [0.1, 0.15) is 12.8 Å². The second kappa shape index (κ2) is 1.92. The van der Waals surface area contributed by atoms with Gasteiger partial charge in [0.2, 0.25) is 0 Å². The Balaban J connectivity index is 2.58. The first kappa shape index (κ1) is 4.57. The second-order valence-electron chi connectivity index (χ2n) is 1.81. The molecule has 0 aromatic heterocycles. The molecule has 0 saturated heterocycles. The summed E-state index contributed by atoms with van der Waals surface area (Å²) in [5.41, 5.74) is 0. The summed E-state index contributed by atoms with van der Waals surface area (Å²) >= 11 is 0. The summed E-state index contributed by atoms with van der Waals surface area (Å²) in [6.45, 7) is 0. The molecule has 0 fully saturated rings. The van der Waals surface area contributed by atoms with Gasteiger partial charge in [-0.3, -0.25) is 0 Å². The fourth-order valence-corrected chi connectivity index (χ4v) is 0.676. The van der Waals surface area contributed by atoms with Crippen molar-refractivity contribution in [3.05, 3.63) is 12.3 Å². The van der Waals surface area contributed by atoms with Gasteiger partial charge >= 0.3 is 0 Å². The normalized spacial score (nSPS) is 19.3.